The van der Waals surface area contributed by atoms with Gasteiger partial charge in [0, 0.05) is 18.9 Å². The normalized spacial score (nSPS) is 15.9. The highest BCUT2D eigenvalue weighted by atomic mass is 16.4. The zero-order valence-corrected chi connectivity index (χ0v) is 11.1. The van der Waals surface area contributed by atoms with E-state index in [2.05, 4.69) is 0 Å². The number of benzene rings is 1. The molecule has 1 aliphatic heterocycles. The molecule has 1 aliphatic rings. The van der Waals surface area contributed by atoms with E-state index in [1.165, 1.54) is 11.0 Å². The second-order valence-electron chi connectivity index (χ2n) is 4.75. The van der Waals surface area contributed by atoms with Crippen molar-refractivity contribution < 1.29 is 19.5 Å². The van der Waals surface area contributed by atoms with Crippen LogP contribution in [0.5, 0.6) is 0 Å². The third kappa shape index (κ3) is 3.12. The fourth-order valence-corrected chi connectivity index (χ4v) is 2.23. The number of aryl methyl sites for hydroxylation is 1. The molecule has 5 nitrogen and oxygen atoms in total. The van der Waals surface area contributed by atoms with Gasteiger partial charge >= 0.3 is 5.97 Å². The van der Waals surface area contributed by atoms with Gasteiger partial charge in [-0.1, -0.05) is 6.07 Å². The standard InChI is InChI=1S/C15H15NO4/c1-10-7-11(5-6-15(19)20)9-12(8-10)16-13(17)3-2-4-14(16)18/h5-9H,2-4H2,1H3,(H,19,20)/b6-5+. The summed E-state index contributed by atoms with van der Waals surface area (Å²) in [5, 5.41) is 8.64. The Morgan fingerprint density at radius 2 is 1.85 bits per heavy atom. The van der Waals surface area contributed by atoms with Crippen LogP contribution in [-0.2, 0) is 14.4 Å². The molecule has 5 heteroatoms. The predicted octanol–water partition coefficient (Wildman–Crippen LogP) is 2.14. The van der Waals surface area contributed by atoms with E-state index in [-0.39, 0.29) is 11.8 Å². The molecule has 0 unspecified atom stereocenters. The Balaban J connectivity index is 2.38. The Labute approximate surface area is 116 Å². The zero-order chi connectivity index (χ0) is 14.7. The Hall–Kier alpha value is -2.43. The van der Waals surface area contributed by atoms with E-state index in [4.69, 9.17) is 5.11 Å². The second-order valence-corrected chi connectivity index (χ2v) is 4.75. The lowest BCUT2D eigenvalue weighted by Crippen LogP contribution is -2.40. The van der Waals surface area contributed by atoms with Crippen molar-refractivity contribution in [3.63, 3.8) is 0 Å². The second kappa shape index (κ2) is 5.69. The highest BCUT2D eigenvalue weighted by Gasteiger charge is 2.27. The van der Waals surface area contributed by atoms with Gasteiger partial charge in [0.2, 0.25) is 11.8 Å². The smallest absolute Gasteiger partial charge is 0.328 e. The number of carboxylic acid groups (broad SMARTS) is 1. The van der Waals surface area contributed by atoms with Gasteiger partial charge in [-0.15, -0.1) is 0 Å². The number of carboxylic acids is 1. The highest BCUT2D eigenvalue weighted by molar-refractivity contribution is 6.16. The Morgan fingerprint density at radius 3 is 2.45 bits per heavy atom. The lowest BCUT2D eigenvalue weighted by Gasteiger charge is -2.25. The van der Waals surface area contributed by atoms with Crippen molar-refractivity contribution in [2.75, 3.05) is 4.90 Å². The maximum Gasteiger partial charge on any atom is 0.328 e. The highest BCUT2D eigenvalue weighted by Crippen LogP contribution is 2.25. The zero-order valence-electron chi connectivity index (χ0n) is 11.1. The largest absolute Gasteiger partial charge is 0.478 e. The first-order valence-corrected chi connectivity index (χ1v) is 6.36. The van der Waals surface area contributed by atoms with Crippen LogP contribution in [0.4, 0.5) is 5.69 Å². The molecule has 1 saturated heterocycles. The number of piperidine rings is 1. The molecule has 0 saturated carbocycles. The van der Waals surface area contributed by atoms with Gasteiger partial charge in [0.1, 0.15) is 0 Å². The number of amides is 2. The van der Waals surface area contributed by atoms with Crippen LogP contribution in [0.25, 0.3) is 6.08 Å². The van der Waals surface area contributed by atoms with Gasteiger partial charge in [-0.05, 0) is 42.7 Å². The van der Waals surface area contributed by atoms with Crippen molar-refractivity contribution in [3.05, 3.63) is 35.4 Å². The van der Waals surface area contributed by atoms with Crippen LogP contribution in [0.2, 0.25) is 0 Å². The SMILES string of the molecule is Cc1cc(/C=C/C(=O)O)cc(N2C(=O)CCCC2=O)c1. The summed E-state index contributed by atoms with van der Waals surface area (Å²) in [6, 6.07) is 5.19. The molecule has 0 spiro atoms. The summed E-state index contributed by atoms with van der Waals surface area (Å²) in [5.74, 6) is -1.46. The van der Waals surface area contributed by atoms with Crippen LogP contribution in [0.3, 0.4) is 0 Å². The number of carbonyl (C=O) groups is 3. The van der Waals surface area contributed by atoms with Gasteiger partial charge in [-0.25, -0.2) is 4.79 Å². The van der Waals surface area contributed by atoms with Crippen molar-refractivity contribution >= 4 is 29.5 Å². The predicted molar refractivity (Wildman–Crippen MR) is 74.2 cm³/mol. The van der Waals surface area contributed by atoms with Crippen LogP contribution in [0.1, 0.15) is 30.4 Å². The minimum atomic E-state index is -1.04. The first-order chi connectivity index (χ1) is 9.47. The van der Waals surface area contributed by atoms with Crippen molar-refractivity contribution in [2.24, 2.45) is 0 Å². The molecule has 1 aromatic carbocycles. The summed E-state index contributed by atoms with van der Waals surface area (Å²) in [6.45, 7) is 1.83. The number of hydrogen-bond donors (Lipinski definition) is 1. The molecule has 1 fully saturated rings. The van der Waals surface area contributed by atoms with E-state index >= 15 is 0 Å². The Bertz CT molecular complexity index is 588. The number of aliphatic carboxylic acids is 1. The fraction of sp³-hybridized carbons (Fsp3) is 0.267. The van der Waals surface area contributed by atoms with E-state index in [0.29, 0.717) is 30.5 Å². The Kier molecular flexibility index (Phi) is 3.98. The number of nitrogens with zero attached hydrogens (tertiary/aromatic N) is 1. The van der Waals surface area contributed by atoms with Crippen LogP contribution >= 0.6 is 0 Å². The summed E-state index contributed by atoms with van der Waals surface area (Å²) >= 11 is 0. The molecule has 1 N–H and O–H groups in total. The molecule has 104 valence electrons. The van der Waals surface area contributed by atoms with E-state index in [1.807, 2.05) is 6.92 Å². The minimum absolute atomic E-state index is 0.208. The molecule has 1 heterocycles. The quantitative estimate of drug-likeness (QED) is 0.676. The third-order valence-corrected chi connectivity index (χ3v) is 3.04. The van der Waals surface area contributed by atoms with Crippen molar-refractivity contribution in [1.29, 1.82) is 0 Å². The molecule has 2 amide bonds. The third-order valence-electron chi connectivity index (χ3n) is 3.04. The maximum atomic E-state index is 11.9. The average Bonchev–Trinajstić information content (AvgIpc) is 2.35. The van der Waals surface area contributed by atoms with E-state index in [1.54, 1.807) is 18.2 Å². The molecular formula is C15H15NO4. The van der Waals surface area contributed by atoms with E-state index in [0.717, 1.165) is 11.6 Å². The molecule has 0 bridgehead atoms. The first-order valence-electron chi connectivity index (χ1n) is 6.36. The van der Waals surface area contributed by atoms with Gasteiger partial charge in [0.15, 0.2) is 0 Å². The number of imide groups is 1. The minimum Gasteiger partial charge on any atom is -0.478 e. The monoisotopic (exact) mass is 273 g/mol. The van der Waals surface area contributed by atoms with Crippen molar-refractivity contribution in [1.82, 2.24) is 0 Å². The lowest BCUT2D eigenvalue weighted by atomic mass is 10.1. The van der Waals surface area contributed by atoms with Crippen LogP contribution in [0.15, 0.2) is 24.3 Å². The summed E-state index contributed by atoms with van der Waals surface area (Å²) in [6.07, 6.45) is 3.78. The van der Waals surface area contributed by atoms with Crippen LogP contribution < -0.4 is 4.90 Å². The first kappa shape index (κ1) is 14.0. The average molecular weight is 273 g/mol. The molecule has 0 aliphatic carbocycles. The molecular weight excluding hydrogens is 258 g/mol. The summed E-state index contributed by atoms with van der Waals surface area (Å²) < 4.78 is 0. The molecule has 0 aromatic heterocycles. The van der Waals surface area contributed by atoms with Crippen LogP contribution in [0, 0.1) is 6.92 Å². The topological polar surface area (TPSA) is 74.7 Å². The number of hydrogen-bond acceptors (Lipinski definition) is 3. The molecule has 2 rings (SSSR count). The Morgan fingerprint density at radius 1 is 1.20 bits per heavy atom. The van der Waals surface area contributed by atoms with Gasteiger partial charge in [-0.3, -0.25) is 14.5 Å². The van der Waals surface area contributed by atoms with E-state index in [9.17, 15) is 14.4 Å². The molecule has 20 heavy (non-hydrogen) atoms. The summed E-state index contributed by atoms with van der Waals surface area (Å²) in [5.41, 5.74) is 2.01. The molecule has 1 aromatic rings. The molecule has 0 atom stereocenters. The number of carbonyl (C=O) groups excluding carboxylic acids is 2. The van der Waals surface area contributed by atoms with Crippen LogP contribution in [-0.4, -0.2) is 22.9 Å². The van der Waals surface area contributed by atoms with Gasteiger partial charge in [0.05, 0.1) is 5.69 Å². The van der Waals surface area contributed by atoms with E-state index < -0.39 is 5.97 Å². The summed E-state index contributed by atoms with van der Waals surface area (Å²) in [4.78, 5) is 35.5. The van der Waals surface area contributed by atoms with Crippen molar-refractivity contribution in [3.8, 4) is 0 Å². The maximum absolute atomic E-state index is 11.9. The fourth-order valence-electron chi connectivity index (χ4n) is 2.23. The number of anilines is 1. The summed E-state index contributed by atoms with van der Waals surface area (Å²) in [7, 11) is 0. The molecule has 0 radical (unpaired) electrons. The van der Waals surface area contributed by atoms with Gasteiger partial charge in [-0.2, -0.15) is 0 Å². The number of rotatable bonds is 3. The van der Waals surface area contributed by atoms with Gasteiger partial charge in [0.25, 0.3) is 0 Å². The van der Waals surface area contributed by atoms with Crippen molar-refractivity contribution in [2.45, 2.75) is 26.2 Å². The van der Waals surface area contributed by atoms with Gasteiger partial charge < -0.3 is 5.11 Å². The lowest BCUT2D eigenvalue weighted by molar-refractivity contribution is -0.131.